The first-order valence-corrected chi connectivity index (χ1v) is 13.7. The maximum Gasteiger partial charge on any atom is 0.326 e. The quantitative estimate of drug-likeness (QED) is 0.253. The van der Waals surface area contributed by atoms with Crippen LogP contribution in [0.15, 0.2) is 59.5 Å². The molecule has 0 atom stereocenters. The van der Waals surface area contributed by atoms with Gasteiger partial charge < -0.3 is 10.1 Å². The van der Waals surface area contributed by atoms with E-state index >= 15 is 0 Å². The summed E-state index contributed by atoms with van der Waals surface area (Å²) in [5, 5.41) is 4.43. The molecule has 0 saturated heterocycles. The SMILES string of the molecule is CCCCOC(=O)CN(c1ccc2c(C(=O)NC(C)C)cccc2c1)S(=O)(=O)c1cc(Cl)cc(Cl)c1. The Morgan fingerprint density at radius 1 is 1.03 bits per heavy atom. The average Bonchev–Trinajstić information content (AvgIpc) is 2.80. The van der Waals surface area contributed by atoms with Crippen LogP contribution in [0, 0.1) is 0 Å². The van der Waals surface area contributed by atoms with Gasteiger partial charge in [-0.15, -0.1) is 0 Å². The molecule has 0 fully saturated rings. The molecule has 0 saturated carbocycles. The lowest BCUT2D eigenvalue weighted by Crippen LogP contribution is -2.36. The van der Waals surface area contributed by atoms with Crippen molar-refractivity contribution in [3.8, 4) is 0 Å². The van der Waals surface area contributed by atoms with Crippen LogP contribution in [0.1, 0.15) is 44.0 Å². The average molecular weight is 551 g/mol. The molecule has 3 aromatic carbocycles. The second-order valence-corrected chi connectivity index (χ2v) is 11.3. The summed E-state index contributed by atoms with van der Waals surface area (Å²) >= 11 is 12.1. The molecule has 0 radical (unpaired) electrons. The second-order valence-electron chi connectivity index (χ2n) is 8.53. The summed E-state index contributed by atoms with van der Waals surface area (Å²) < 4.78 is 33.5. The Hall–Kier alpha value is -2.81. The van der Waals surface area contributed by atoms with Crippen molar-refractivity contribution in [1.29, 1.82) is 0 Å². The van der Waals surface area contributed by atoms with Gasteiger partial charge >= 0.3 is 5.97 Å². The smallest absolute Gasteiger partial charge is 0.326 e. The molecule has 3 aromatic rings. The number of benzene rings is 3. The van der Waals surface area contributed by atoms with E-state index in [0.29, 0.717) is 22.8 Å². The number of halogens is 2. The van der Waals surface area contributed by atoms with Crippen LogP contribution in [0.3, 0.4) is 0 Å². The molecule has 3 rings (SSSR count). The van der Waals surface area contributed by atoms with Crippen molar-refractivity contribution < 1.29 is 22.7 Å². The highest BCUT2D eigenvalue weighted by Crippen LogP contribution is 2.31. The van der Waals surface area contributed by atoms with Crippen molar-refractivity contribution in [2.24, 2.45) is 0 Å². The predicted octanol–water partition coefficient (Wildman–Crippen LogP) is 5.82. The fraction of sp³-hybridized carbons (Fsp3) is 0.308. The van der Waals surface area contributed by atoms with Crippen LogP contribution in [-0.4, -0.2) is 39.5 Å². The first-order chi connectivity index (χ1) is 17.0. The maximum absolute atomic E-state index is 13.7. The van der Waals surface area contributed by atoms with Gasteiger partial charge in [0.1, 0.15) is 6.54 Å². The number of ether oxygens (including phenoxy) is 1. The molecule has 0 aromatic heterocycles. The zero-order chi connectivity index (χ0) is 26.5. The molecule has 0 heterocycles. The summed E-state index contributed by atoms with van der Waals surface area (Å²) in [6.45, 7) is 5.34. The number of sulfonamides is 1. The third-order valence-corrected chi connectivity index (χ3v) is 7.46. The van der Waals surface area contributed by atoms with Gasteiger partial charge in [-0.25, -0.2) is 8.42 Å². The van der Waals surface area contributed by atoms with Crippen LogP contribution in [-0.2, 0) is 19.6 Å². The normalized spacial score (nSPS) is 11.5. The number of unbranched alkanes of at least 4 members (excludes halogenated alkanes) is 1. The molecule has 1 amide bonds. The summed E-state index contributed by atoms with van der Waals surface area (Å²) in [7, 11) is -4.25. The molecule has 1 N–H and O–H groups in total. The highest BCUT2D eigenvalue weighted by atomic mass is 35.5. The molecule has 10 heteroatoms. The number of esters is 1. The van der Waals surface area contributed by atoms with Gasteiger partial charge in [0.05, 0.1) is 17.2 Å². The number of rotatable bonds is 10. The number of carbonyl (C=O) groups is 2. The fourth-order valence-electron chi connectivity index (χ4n) is 3.58. The van der Waals surface area contributed by atoms with Crippen molar-refractivity contribution in [2.45, 2.75) is 44.6 Å². The predicted molar refractivity (Wildman–Crippen MR) is 143 cm³/mol. The third kappa shape index (κ3) is 6.69. The fourth-order valence-corrected chi connectivity index (χ4v) is 5.71. The third-order valence-electron chi connectivity index (χ3n) is 5.27. The van der Waals surface area contributed by atoms with Crippen molar-refractivity contribution >= 4 is 61.6 Å². The minimum Gasteiger partial charge on any atom is -0.464 e. The maximum atomic E-state index is 13.7. The lowest BCUT2D eigenvalue weighted by atomic mass is 10.0. The van der Waals surface area contributed by atoms with E-state index in [2.05, 4.69) is 5.32 Å². The number of nitrogens with one attached hydrogen (secondary N) is 1. The highest BCUT2D eigenvalue weighted by molar-refractivity contribution is 7.92. The lowest BCUT2D eigenvalue weighted by Gasteiger charge is -2.24. The van der Waals surface area contributed by atoms with Crippen molar-refractivity contribution in [3.63, 3.8) is 0 Å². The van der Waals surface area contributed by atoms with Crippen LogP contribution in [0.2, 0.25) is 10.0 Å². The van der Waals surface area contributed by atoms with Crippen LogP contribution in [0.5, 0.6) is 0 Å². The summed E-state index contributed by atoms with van der Waals surface area (Å²) in [6, 6.07) is 13.9. The highest BCUT2D eigenvalue weighted by Gasteiger charge is 2.29. The molecule has 7 nitrogen and oxygen atoms in total. The van der Waals surface area contributed by atoms with Gasteiger partial charge in [0, 0.05) is 21.7 Å². The van der Waals surface area contributed by atoms with E-state index in [4.69, 9.17) is 27.9 Å². The Bertz CT molecular complexity index is 1360. The molecular weight excluding hydrogens is 523 g/mol. The topological polar surface area (TPSA) is 92.8 Å². The molecule has 192 valence electrons. The van der Waals surface area contributed by atoms with Crippen LogP contribution < -0.4 is 9.62 Å². The molecule has 0 spiro atoms. The first-order valence-electron chi connectivity index (χ1n) is 11.5. The van der Waals surface area contributed by atoms with Crippen LogP contribution in [0.25, 0.3) is 10.8 Å². The van der Waals surface area contributed by atoms with E-state index < -0.39 is 22.5 Å². The van der Waals surface area contributed by atoms with Crippen molar-refractivity contribution in [2.75, 3.05) is 17.5 Å². The van der Waals surface area contributed by atoms with E-state index in [1.54, 1.807) is 36.4 Å². The first kappa shape index (κ1) is 27.8. The number of carbonyl (C=O) groups excluding carboxylic acids is 2. The largest absolute Gasteiger partial charge is 0.464 e. The zero-order valence-electron chi connectivity index (χ0n) is 20.3. The Balaban J connectivity index is 2.08. The summed E-state index contributed by atoms with van der Waals surface area (Å²) in [5.41, 5.74) is 0.690. The van der Waals surface area contributed by atoms with E-state index in [1.807, 2.05) is 20.8 Å². The summed E-state index contributed by atoms with van der Waals surface area (Å²) in [5.74, 6) is -0.925. The number of anilines is 1. The molecule has 0 aliphatic carbocycles. The van der Waals surface area contributed by atoms with Gasteiger partial charge in [-0.3, -0.25) is 13.9 Å². The van der Waals surface area contributed by atoms with Crippen LogP contribution in [0.4, 0.5) is 5.69 Å². The molecule has 0 aliphatic heterocycles. The Morgan fingerprint density at radius 2 is 1.72 bits per heavy atom. The van der Waals surface area contributed by atoms with Gasteiger partial charge in [-0.2, -0.15) is 0 Å². The van der Waals surface area contributed by atoms with Gasteiger partial charge in [0.2, 0.25) is 0 Å². The van der Waals surface area contributed by atoms with E-state index in [0.717, 1.165) is 10.7 Å². The van der Waals surface area contributed by atoms with Crippen molar-refractivity contribution in [3.05, 3.63) is 70.2 Å². The monoisotopic (exact) mass is 550 g/mol. The summed E-state index contributed by atoms with van der Waals surface area (Å²) in [6.07, 6.45) is 1.49. The number of nitrogens with zero attached hydrogens (tertiary/aromatic N) is 1. The number of fused-ring (bicyclic) bond motifs is 1. The number of hydrogen-bond acceptors (Lipinski definition) is 5. The van der Waals surface area contributed by atoms with E-state index in [9.17, 15) is 18.0 Å². The molecule has 36 heavy (non-hydrogen) atoms. The lowest BCUT2D eigenvalue weighted by molar-refractivity contribution is -0.141. The van der Waals surface area contributed by atoms with Crippen LogP contribution >= 0.6 is 23.2 Å². The minimum absolute atomic E-state index is 0.0455. The van der Waals surface area contributed by atoms with Crippen molar-refractivity contribution in [1.82, 2.24) is 5.32 Å². The van der Waals surface area contributed by atoms with E-state index in [-0.39, 0.29) is 39.2 Å². The minimum atomic E-state index is -4.25. The summed E-state index contributed by atoms with van der Waals surface area (Å²) in [4.78, 5) is 25.1. The van der Waals surface area contributed by atoms with Gasteiger partial charge in [-0.05, 0) is 67.4 Å². The van der Waals surface area contributed by atoms with E-state index in [1.165, 1.54) is 18.2 Å². The molecule has 0 aliphatic rings. The standard InChI is InChI=1S/C26H28Cl2N2O5S/c1-4-5-11-35-25(31)16-30(36(33,34)22-14-19(27)13-20(28)15-22)21-9-10-23-18(12-21)7-6-8-24(23)26(32)29-17(2)3/h6-10,12-15,17H,4-5,11,16H2,1-3H3,(H,29,32). The van der Waals surface area contributed by atoms with Gasteiger partial charge in [0.25, 0.3) is 15.9 Å². The second kappa shape index (κ2) is 12.0. The zero-order valence-corrected chi connectivity index (χ0v) is 22.6. The van der Waals surface area contributed by atoms with Gasteiger partial charge in [0.15, 0.2) is 0 Å². The Labute approximate surface area is 221 Å². The molecule has 0 unspecified atom stereocenters. The Morgan fingerprint density at radius 3 is 2.36 bits per heavy atom. The molecular formula is C26H28Cl2N2O5S. The number of hydrogen-bond donors (Lipinski definition) is 1. The number of amides is 1. The Kier molecular flexibility index (Phi) is 9.22. The molecule has 0 bridgehead atoms. The van der Waals surface area contributed by atoms with Gasteiger partial charge in [-0.1, -0.05) is 54.7 Å².